The number of rotatable bonds is 1. The van der Waals surface area contributed by atoms with Crippen LogP contribution in [0.5, 0.6) is 0 Å². The Morgan fingerprint density at radius 3 is 3.07 bits per heavy atom. The normalized spacial score (nSPS) is 47.4. The smallest absolute Gasteiger partial charge is 0.108 e. The van der Waals surface area contributed by atoms with Gasteiger partial charge in [-0.15, -0.1) is 0 Å². The Balaban J connectivity index is 2.11. The Labute approximate surface area is 95.9 Å². The van der Waals surface area contributed by atoms with Crippen LogP contribution in [0.15, 0.2) is 12.2 Å². The maximum Gasteiger partial charge on any atom is 0.108 e. The SMILES string of the molecule is C=C(C)[C@H]1CC[C@@]2(C)S[PH](=S)O[C@@H]2C1. The van der Waals surface area contributed by atoms with Crippen LogP contribution in [-0.2, 0) is 16.3 Å². The molecule has 1 aliphatic heterocycles. The second-order valence-corrected chi connectivity index (χ2v) is 10.1. The molecule has 1 unspecified atom stereocenters. The number of allylic oxidation sites excluding steroid dienone is 1. The van der Waals surface area contributed by atoms with E-state index in [2.05, 4.69) is 20.4 Å². The lowest BCUT2D eigenvalue weighted by Crippen LogP contribution is -2.39. The predicted molar refractivity (Wildman–Crippen MR) is 68.7 cm³/mol. The van der Waals surface area contributed by atoms with Crippen LogP contribution in [-0.4, -0.2) is 10.9 Å². The van der Waals surface area contributed by atoms with E-state index in [9.17, 15) is 0 Å². The highest BCUT2D eigenvalue weighted by molar-refractivity contribution is 8.63. The minimum atomic E-state index is -0.974. The van der Waals surface area contributed by atoms with Gasteiger partial charge in [0.25, 0.3) is 0 Å². The second-order valence-electron chi connectivity index (χ2n) is 4.59. The van der Waals surface area contributed by atoms with Crippen molar-refractivity contribution in [2.75, 3.05) is 0 Å². The Morgan fingerprint density at radius 2 is 2.43 bits per heavy atom. The van der Waals surface area contributed by atoms with E-state index in [1.165, 1.54) is 18.4 Å². The zero-order valence-electron chi connectivity index (χ0n) is 8.71. The molecule has 0 aromatic carbocycles. The van der Waals surface area contributed by atoms with Crippen molar-refractivity contribution in [3.63, 3.8) is 0 Å². The second kappa shape index (κ2) is 3.93. The quantitative estimate of drug-likeness (QED) is 0.516. The van der Waals surface area contributed by atoms with Gasteiger partial charge in [-0.05, 0) is 39.0 Å². The molecule has 4 heteroatoms. The molecule has 80 valence electrons. The molecule has 0 amide bonds. The first-order chi connectivity index (χ1) is 6.51. The van der Waals surface area contributed by atoms with Crippen molar-refractivity contribution in [1.29, 1.82) is 0 Å². The number of fused-ring (bicyclic) bond motifs is 1. The fourth-order valence-electron chi connectivity index (χ4n) is 2.32. The molecule has 0 aromatic rings. The third-order valence-electron chi connectivity index (χ3n) is 3.42. The van der Waals surface area contributed by atoms with E-state index < -0.39 is 6.13 Å². The van der Waals surface area contributed by atoms with E-state index in [0.717, 1.165) is 6.42 Å². The topological polar surface area (TPSA) is 9.23 Å². The van der Waals surface area contributed by atoms with Gasteiger partial charge in [0.1, 0.15) is 6.13 Å². The molecule has 2 aliphatic rings. The Bertz CT molecular complexity index is 292. The van der Waals surface area contributed by atoms with Gasteiger partial charge in [0.05, 0.1) is 6.10 Å². The Hall–Kier alpha value is 0.700. The minimum absolute atomic E-state index is 0.321. The lowest BCUT2D eigenvalue weighted by atomic mass is 9.77. The highest BCUT2D eigenvalue weighted by Gasteiger charge is 2.46. The average molecular weight is 248 g/mol. The van der Waals surface area contributed by atoms with Gasteiger partial charge in [-0.2, -0.15) is 0 Å². The van der Waals surface area contributed by atoms with Crippen molar-refractivity contribution in [2.45, 2.75) is 44.0 Å². The number of hydrogen-bond donors (Lipinski definition) is 0. The Kier molecular flexibility index (Phi) is 3.15. The van der Waals surface area contributed by atoms with Crippen LogP contribution < -0.4 is 0 Å². The minimum Gasteiger partial charge on any atom is -0.339 e. The van der Waals surface area contributed by atoms with Gasteiger partial charge in [0, 0.05) is 4.75 Å². The summed E-state index contributed by atoms with van der Waals surface area (Å²) in [5.74, 6) is 0.663. The van der Waals surface area contributed by atoms with Crippen LogP contribution in [0.3, 0.4) is 0 Å². The first-order valence-corrected chi connectivity index (χ1v) is 9.14. The average Bonchev–Trinajstić information content (AvgIpc) is 2.37. The molecular formula is C10H17OPS2. The van der Waals surface area contributed by atoms with Gasteiger partial charge in [-0.3, -0.25) is 0 Å². The summed E-state index contributed by atoms with van der Waals surface area (Å²) in [6.07, 6.45) is 3.07. The van der Waals surface area contributed by atoms with Crippen molar-refractivity contribution in [2.24, 2.45) is 5.92 Å². The van der Waals surface area contributed by atoms with Gasteiger partial charge in [0.2, 0.25) is 0 Å². The summed E-state index contributed by atoms with van der Waals surface area (Å²) < 4.78 is 6.21. The fraction of sp³-hybridized carbons (Fsp3) is 0.800. The fourth-order valence-corrected chi connectivity index (χ4v) is 8.31. The molecule has 4 atom stereocenters. The molecule has 14 heavy (non-hydrogen) atoms. The molecule has 0 aromatic heterocycles. The summed E-state index contributed by atoms with van der Waals surface area (Å²) in [6.45, 7) is 8.51. The zero-order chi connectivity index (χ0) is 10.3. The Morgan fingerprint density at radius 1 is 1.71 bits per heavy atom. The molecule has 2 rings (SSSR count). The van der Waals surface area contributed by atoms with Crippen molar-refractivity contribution in [3.05, 3.63) is 12.2 Å². The van der Waals surface area contributed by atoms with E-state index in [0.29, 0.717) is 16.8 Å². The van der Waals surface area contributed by atoms with Gasteiger partial charge in [-0.1, -0.05) is 35.3 Å². The summed E-state index contributed by atoms with van der Waals surface area (Å²) in [7, 11) is 0. The third kappa shape index (κ3) is 1.97. The lowest BCUT2D eigenvalue weighted by molar-refractivity contribution is 0.130. The van der Waals surface area contributed by atoms with Crippen molar-refractivity contribution in [3.8, 4) is 0 Å². The third-order valence-corrected chi connectivity index (χ3v) is 8.22. The molecule has 1 saturated heterocycles. The molecule has 1 aliphatic carbocycles. The largest absolute Gasteiger partial charge is 0.339 e. The first-order valence-electron chi connectivity index (χ1n) is 5.06. The molecular weight excluding hydrogens is 231 g/mol. The van der Waals surface area contributed by atoms with E-state index in [-0.39, 0.29) is 0 Å². The molecule has 2 fully saturated rings. The lowest BCUT2D eigenvalue weighted by Gasteiger charge is -2.37. The van der Waals surface area contributed by atoms with Crippen molar-refractivity contribution < 1.29 is 4.52 Å². The van der Waals surface area contributed by atoms with Crippen LogP contribution in [0.4, 0.5) is 0 Å². The zero-order valence-corrected chi connectivity index (χ0v) is 11.3. The van der Waals surface area contributed by atoms with E-state index >= 15 is 0 Å². The van der Waals surface area contributed by atoms with E-state index in [4.69, 9.17) is 16.3 Å². The van der Waals surface area contributed by atoms with Gasteiger partial charge in [0.15, 0.2) is 0 Å². The molecule has 0 radical (unpaired) electrons. The van der Waals surface area contributed by atoms with Crippen LogP contribution >= 0.6 is 17.5 Å². The van der Waals surface area contributed by atoms with Crippen LogP contribution in [0.2, 0.25) is 0 Å². The maximum atomic E-state index is 5.89. The molecule has 1 nitrogen and oxygen atoms in total. The van der Waals surface area contributed by atoms with Gasteiger partial charge < -0.3 is 4.52 Å². The molecule has 0 bridgehead atoms. The highest BCUT2D eigenvalue weighted by atomic mass is 32.9. The van der Waals surface area contributed by atoms with Gasteiger partial charge in [-0.25, -0.2) is 0 Å². The highest BCUT2D eigenvalue weighted by Crippen LogP contribution is 2.63. The van der Waals surface area contributed by atoms with Gasteiger partial charge >= 0.3 is 0 Å². The molecule has 1 heterocycles. The van der Waals surface area contributed by atoms with Crippen LogP contribution in [0.1, 0.15) is 33.1 Å². The summed E-state index contributed by atoms with van der Waals surface area (Å²) in [5.41, 5.74) is 1.31. The molecule has 0 N–H and O–H groups in total. The summed E-state index contributed by atoms with van der Waals surface area (Å²) >= 11 is 7.24. The molecule has 0 spiro atoms. The summed E-state index contributed by atoms with van der Waals surface area (Å²) in [4.78, 5) is 0. The first kappa shape index (κ1) is 11.2. The van der Waals surface area contributed by atoms with Crippen LogP contribution in [0.25, 0.3) is 0 Å². The summed E-state index contributed by atoms with van der Waals surface area (Å²) in [6, 6.07) is 0. The monoisotopic (exact) mass is 248 g/mol. The maximum absolute atomic E-state index is 5.89. The van der Waals surface area contributed by atoms with E-state index in [1.807, 2.05) is 11.4 Å². The summed E-state index contributed by atoms with van der Waals surface area (Å²) in [5, 5.41) is 0. The van der Waals surface area contributed by atoms with Crippen LogP contribution in [0, 0.1) is 5.92 Å². The van der Waals surface area contributed by atoms with Crippen molar-refractivity contribution >= 4 is 29.3 Å². The standard InChI is InChI=1S/C10H17OPS2/c1-7(2)8-4-5-10(3)9(6-8)11-12(13)14-10/h8-9,12H,1,4-6H2,2-3H3/t8-,9+,10+/m0/s1. The van der Waals surface area contributed by atoms with E-state index in [1.54, 1.807) is 0 Å². The van der Waals surface area contributed by atoms with Crippen molar-refractivity contribution in [1.82, 2.24) is 0 Å². The predicted octanol–water partition coefficient (Wildman–Crippen LogP) is 3.76. The molecule has 1 saturated carbocycles. The number of hydrogen-bond acceptors (Lipinski definition) is 3.